The molecule has 1 aliphatic rings. The fraction of sp³-hybridized carbons (Fsp3) is 0.190. The van der Waals surface area contributed by atoms with Crippen molar-refractivity contribution in [2.45, 2.75) is 24.8 Å². The first-order chi connectivity index (χ1) is 12.6. The van der Waals surface area contributed by atoms with Crippen LogP contribution in [0, 0.1) is 6.42 Å². The summed E-state index contributed by atoms with van der Waals surface area (Å²) in [5, 5.41) is 3.91. The maximum absolute atomic E-state index is 12.5. The topological polar surface area (TPSA) is 88.0 Å². The van der Waals surface area contributed by atoms with Crippen LogP contribution in [0.2, 0.25) is 0 Å². The van der Waals surface area contributed by atoms with Gasteiger partial charge in [-0.3, -0.25) is 9.59 Å². The zero-order valence-corrected chi connectivity index (χ0v) is 14.2. The highest BCUT2D eigenvalue weighted by molar-refractivity contribution is 5.99. The lowest BCUT2D eigenvalue weighted by molar-refractivity contribution is -0.123. The largest absolute Gasteiger partial charge is 0.369 e. The van der Waals surface area contributed by atoms with Gasteiger partial charge in [-0.25, -0.2) is 0 Å². The molecule has 1 atom stereocenters. The molecule has 1 unspecified atom stereocenters. The minimum Gasteiger partial charge on any atom is -0.369 e. The van der Waals surface area contributed by atoms with Crippen LogP contribution in [0.25, 0.3) is 10.9 Å². The van der Waals surface area contributed by atoms with Crippen LogP contribution in [-0.4, -0.2) is 22.8 Å². The number of benzene rings is 2. The number of carbonyl (C=O) groups excluding carboxylic acids is 2. The monoisotopic (exact) mass is 346 g/mol. The van der Waals surface area contributed by atoms with Gasteiger partial charge in [0.2, 0.25) is 11.8 Å². The van der Waals surface area contributed by atoms with Crippen LogP contribution in [0.1, 0.15) is 22.6 Å². The summed E-state index contributed by atoms with van der Waals surface area (Å²) in [6, 6.07) is 15.9. The molecule has 1 radical (unpaired) electrons. The second-order valence-corrected chi connectivity index (χ2v) is 6.72. The summed E-state index contributed by atoms with van der Waals surface area (Å²) in [7, 11) is 0. The summed E-state index contributed by atoms with van der Waals surface area (Å²) in [6.45, 7) is 0. The third kappa shape index (κ3) is 3.08. The summed E-state index contributed by atoms with van der Waals surface area (Å²) < 4.78 is 0. The van der Waals surface area contributed by atoms with Crippen LogP contribution < -0.4 is 11.1 Å². The van der Waals surface area contributed by atoms with Crippen molar-refractivity contribution >= 4 is 22.7 Å². The van der Waals surface area contributed by atoms with Gasteiger partial charge < -0.3 is 16.0 Å². The zero-order valence-electron chi connectivity index (χ0n) is 14.2. The first kappa shape index (κ1) is 16.4. The van der Waals surface area contributed by atoms with E-state index >= 15 is 0 Å². The van der Waals surface area contributed by atoms with E-state index < -0.39 is 11.8 Å². The molecule has 0 bridgehead atoms. The molecule has 1 aromatic heterocycles. The summed E-state index contributed by atoms with van der Waals surface area (Å²) in [5.74, 6) is -1.58. The van der Waals surface area contributed by atoms with Crippen molar-refractivity contribution in [1.29, 1.82) is 0 Å². The molecule has 1 heterocycles. The van der Waals surface area contributed by atoms with E-state index in [9.17, 15) is 9.59 Å². The average Bonchev–Trinajstić information content (AvgIpc) is 3.22. The maximum atomic E-state index is 12.5. The van der Waals surface area contributed by atoms with Crippen LogP contribution >= 0.6 is 0 Å². The predicted octanol–water partition coefficient (Wildman–Crippen LogP) is 2.22. The van der Waals surface area contributed by atoms with Gasteiger partial charge in [0.15, 0.2) is 0 Å². The molecule has 5 heteroatoms. The molecule has 4 rings (SSSR count). The van der Waals surface area contributed by atoms with Crippen LogP contribution in [0.3, 0.4) is 0 Å². The van der Waals surface area contributed by atoms with Crippen LogP contribution in [0.4, 0.5) is 0 Å². The van der Waals surface area contributed by atoms with Crippen molar-refractivity contribution < 1.29 is 9.59 Å². The number of fused-ring (bicyclic) bond motifs is 2. The predicted molar refractivity (Wildman–Crippen MR) is 100 cm³/mol. The lowest BCUT2D eigenvalue weighted by atomic mass is 9.94. The number of nitrogens with two attached hydrogens (primary N) is 1. The van der Waals surface area contributed by atoms with E-state index in [-0.39, 0.29) is 11.9 Å². The highest BCUT2D eigenvalue weighted by Crippen LogP contribution is 2.28. The van der Waals surface area contributed by atoms with Gasteiger partial charge in [0.25, 0.3) is 0 Å². The molecule has 0 saturated heterocycles. The van der Waals surface area contributed by atoms with Gasteiger partial charge in [0, 0.05) is 23.1 Å². The molecular weight excluding hydrogens is 326 g/mol. The SMILES string of the molecule is NC(=O)C([CH]C(=O)NC1Cc2ccccc2C1)c1c[nH]c2ccccc12. The number of hydrogen-bond donors (Lipinski definition) is 3. The minimum absolute atomic E-state index is 0.0487. The van der Waals surface area contributed by atoms with Crippen LogP contribution in [0.5, 0.6) is 0 Å². The highest BCUT2D eigenvalue weighted by atomic mass is 16.2. The van der Waals surface area contributed by atoms with E-state index in [2.05, 4.69) is 22.4 Å². The van der Waals surface area contributed by atoms with Crippen molar-refractivity contribution in [3.05, 3.63) is 77.8 Å². The third-order valence-electron chi connectivity index (χ3n) is 4.98. The lowest BCUT2D eigenvalue weighted by Gasteiger charge is -2.16. The molecule has 5 nitrogen and oxygen atoms in total. The van der Waals surface area contributed by atoms with Gasteiger partial charge in [-0.05, 0) is 35.6 Å². The molecule has 2 aromatic carbocycles. The Kier molecular flexibility index (Phi) is 4.21. The minimum atomic E-state index is -0.769. The van der Waals surface area contributed by atoms with E-state index in [0.717, 1.165) is 29.3 Å². The summed E-state index contributed by atoms with van der Waals surface area (Å²) in [6.07, 6.45) is 4.75. The van der Waals surface area contributed by atoms with Crippen LogP contribution in [0.15, 0.2) is 54.7 Å². The number of rotatable bonds is 5. The average molecular weight is 346 g/mol. The first-order valence-electron chi connectivity index (χ1n) is 8.69. The second-order valence-electron chi connectivity index (χ2n) is 6.72. The number of aromatic amines is 1. The quantitative estimate of drug-likeness (QED) is 0.661. The summed E-state index contributed by atoms with van der Waals surface area (Å²) in [4.78, 5) is 27.6. The number of carbonyl (C=O) groups is 2. The normalized spacial score (nSPS) is 14.9. The standard InChI is InChI=1S/C21H20N3O2/c22-21(26)17(18-12-23-19-8-4-3-7-16(18)19)11-20(25)24-15-9-13-5-1-2-6-14(13)10-15/h1-8,11-12,15,17,23H,9-10H2,(H2,22,26)(H,24,25). The Morgan fingerprint density at radius 1 is 1.08 bits per heavy atom. The first-order valence-corrected chi connectivity index (χ1v) is 8.69. The van der Waals surface area contributed by atoms with E-state index in [1.54, 1.807) is 6.20 Å². The highest BCUT2D eigenvalue weighted by Gasteiger charge is 2.27. The van der Waals surface area contributed by atoms with Crippen molar-refractivity contribution in [3.8, 4) is 0 Å². The molecule has 0 fully saturated rings. The van der Waals surface area contributed by atoms with Gasteiger partial charge in [0.05, 0.1) is 12.3 Å². The van der Waals surface area contributed by atoms with Crippen molar-refractivity contribution in [2.75, 3.05) is 0 Å². The smallest absolute Gasteiger partial charge is 0.225 e. The maximum Gasteiger partial charge on any atom is 0.225 e. The van der Waals surface area contributed by atoms with Crippen molar-refractivity contribution in [2.24, 2.45) is 5.73 Å². The number of primary amides is 1. The van der Waals surface area contributed by atoms with Gasteiger partial charge >= 0.3 is 0 Å². The number of H-pyrrole nitrogens is 1. The molecule has 2 amide bonds. The Bertz CT molecular complexity index is 951. The molecular formula is C21H20N3O2. The van der Waals surface area contributed by atoms with Gasteiger partial charge in [0.1, 0.15) is 0 Å². The molecule has 3 aromatic rings. The fourth-order valence-corrected chi connectivity index (χ4v) is 3.74. The molecule has 0 saturated carbocycles. The molecule has 131 valence electrons. The van der Waals surface area contributed by atoms with E-state index in [4.69, 9.17) is 5.73 Å². The third-order valence-corrected chi connectivity index (χ3v) is 4.98. The van der Waals surface area contributed by atoms with Gasteiger partial charge in [-0.15, -0.1) is 0 Å². The Hall–Kier alpha value is -3.08. The number of aromatic nitrogens is 1. The number of nitrogens with one attached hydrogen (secondary N) is 2. The zero-order chi connectivity index (χ0) is 18.1. The van der Waals surface area contributed by atoms with Crippen LogP contribution in [-0.2, 0) is 22.4 Å². The van der Waals surface area contributed by atoms with E-state index in [1.165, 1.54) is 17.5 Å². The second kappa shape index (κ2) is 6.67. The Morgan fingerprint density at radius 2 is 1.73 bits per heavy atom. The Balaban J connectivity index is 1.47. The Morgan fingerprint density at radius 3 is 2.42 bits per heavy atom. The van der Waals surface area contributed by atoms with Gasteiger partial charge in [-0.1, -0.05) is 42.5 Å². The van der Waals surface area contributed by atoms with Crippen molar-refractivity contribution in [1.82, 2.24) is 10.3 Å². The molecule has 1 aliphatic carbocycles. The molecule has 26 heavy (non-hydrogen) atoms. The number of hydrogen-bond acceptors (Lipinski definition) is 2. The van der Waals surface area contributed by atoms with E-state index in [1.807, 2.05) is 36.4 Å². The molecule has 0 spiro atoms. The van der Waals surface area contributed by atoms with Gasteiger partial charge in [-0.2, -0.15) is 0 Å². The summed E-state index contributed by atoms with van der Waals surface area (Å²) in [5.41, 5.74) is 9.74. The number of amides is 2. The molecule has 0 aliphatic heterocycles. The molecule has 4 N–H and O–H groups in total. The summed E-state index contributed by atoms with van der Waals surface area (Å²) >= 11 is 0. The Labute approximate surface area is 151 Å². The number of para-hydroxylation sites is 1. The van der Waals surface area contributed by atoms with Crippen molar-refractivity contribution in [3.63, 3.8) is 0 Å². The van der Waals surface area contributed by atoms with E-state index in [0.29, 0.717) is 0 Å². The fourth-order valence-electron chi connectivity index (χ4n) is 3.74. The lowest BCUT2D eigenvalue weighted by Crippen LogP contribution is -2.38.